The number of fused-ring (bicyclic) bond motifs is 3. The number of rotatable bonds is 11. The van der Waals surface area contributed by atoms with Crippen LogP contribution in [0.4, 0.5) is 8.78 Å². The summed E-state index contributed by atoms with van der Waals surface area (Å²) in [4.78, 5) is 25.3. The zero-order valence-corrected chi connectivity index (χ0v) is 24.0. The maximum atomic E-state index is 14.4. The first-order valence-corrected chi connectivity index (χ1v) is 14.3. The van der Waals surface area contributed by atoms with Crippen molar-refractivity contribution in [3.05, 3.63) is 106 Å². The molecule has 0 saturated heterocycles. The Morgan fingerprint density at radius 1 is 0.930 bits per heavy atom. The summed E-state index contributed by atoms with van der Waals surface area (Å²) < 4.78 is 31.7. The standard InChI is InChI=1S/C34H34F2N2O5/c1-20(2)38-29(15-14-25(39)17-26(40)18-30(41)42)31(22-10-12-23(35)13-11-22)32-27-8-3-4-9-28(27)37(34(43)33(32)38)19-21-6-5-7-24(36)16-21/h3-13,16,20,25-26,39-40H,14-15,17-19H2,1-2H3,(H,41,42)/p-1/t25-,26-/m1/s1. The number of halogens is 2. The molecule has 2 aromatic heterocycles. The van der Waals surface area contributed by atoms with Crippen LogP contribution in [0.2, 0.25) is 0 Å². The van der Waals surface area contributed by atoms with E-state index in [2.05, 4.69) is 0 Å². The monoisotopic (exact) mass is 587 g/mol. The summed E-state index contributed by atoms with van der Waals surface area (Å²) in [5.74, 6) is -2.21. The number of para-hydroxylation sites is 1. The molecule has 0 unspecified atom stereocenters. The van der Waals surface area contributed by atoms with Crippen LogP contribution in [-0.2, 0) is 17.8 Å². The normalized spacial score (nSPS) is 13.2. The van der Waals surface area contributed by atoms with Gasteiger partial charge in [-0.3, -0.25) is 4.79 Å². The molecule has 5 rings (SSSR count). The van der Waals surface area contributed by atoms with E-state index in [0.29, 0.717) is 27.5 Å². The second kappa shape index (κ2) is 12.5. The number of hydrogen-bond donors (Lipinski definition) is 2. The molecule has 2 atom stereocenters. The fourth-order valence-corrected chi connectivity index (χ4v) is 6.00. The van der Waals surface area contributed by atoms with E-state index in [1.807, 2.05) is 42.7 Å². The van der Waals surface area contributed by atoms with E-state index < -0.39 is 36.2 Å². The number of carbonyl (C=O) groups is 1. The molecule has 3 aromatic carbocycles. The first kappa shape index (κ1) is 30.1. The highest BCUT2D eigenvalue weighted by Gasteiger charge is 2.27. The van der Waals surface area contributed by atoms with Gasteiger partial charge in [0.05, 0.1) is 24.3 Å². The number of aromatic nitrogens is 2. The quantitative estimate of drug-likeness (QED) is 0.233. The van der Waals surface area contributed by atoms with Gasteiger partial charge in [-0.05, 0) is 74.6 Å². The smallest absolute Gasteiger partial charge is 0.275 e. The summed E-state index contributed by atoms with van der Waals surface area (Å²) in [5, 5.41) is 33.1. The second-order valence-electron chi connectivity index (χ2n) is 11.2. The molecule has 0 amide bonds. The zero-order chi connectivity index (χ0) is 30.8. The van der Waals surface area contributed by atoms with Gasteiger partial charge < -0.3 is 29.2 Å². The van der Waals surface area contributed by atoms with Crippen LogP contribution in [0, 0.1) is 11.6 Å². The molecule has 5 aromatic rings. The van der Waals surface area contributed by atoms with E-state index in [9.17, 15) is 33.7 Å². The summed E-state index contributed by atoms with van der Waals surface area (Å²) in [6.45, 7) is 4.04. The fraction of sp³-hybridized carbons (Fsp3) is 0.294. The van der Waals surface area contributed by atoms with Crippen molar-refractivity contribution in [2.24, 2.45) is 0 Å². The summed E-state index contributed by atoms with van der Waals surface area (Å²) in [6, 6.07) is 19.4. The molecule has 0 bridgehead atoms. The Morgan fingerprint density at radius 2 is 1.65 bits per heavy atom. The van der Waals surface area contributed by atoms with Crippen LogP contribution < -0.4 is 10.7 Å². The highest BCUT2D eigenvalue weighted by atomic mass is 19.1. The lowest BCUT2D eigenvalue weighted by Crippen LogP contribution is -2.29. The number of carbonyl (C=O) groups excluding carboxylic acids is 1. The maximum absolute atomic E-state index is 14.4. The maximum Gasteiger partial charge on any atom is 0.275 e. The van der Waals surface area contributed by atoms with Crippen LogP contribution in [0.1, 0.15) is 50.4 Å². The van der Waals surface area contributed by atoms with E-state index in [1.165, 1.54) is 24.3 Å². The van der Waals surface area contributed by atoms with Gasteiger partial charge in [-0.1, -0.05) is 42.5 Å². The van der Waals surface area contributed by atoms with Crippen molar-refractivity contribution in [3.8, 4) is 11.1 Å². The minimum absolute atomic E-state index is 0.145. The highest BCUT2D eigenvalue weighted by molar-refractivity contribution is 6.13. The van der Waals surface area contributed by atoms with Gasteiger partial charge in [0.25, 0.3) is 5.56 Å². The molecule has 2 N–H and O–H groups in total. The third-order valence-electron chi connectivity index (χ3n) is 7.76. The van der Waals surface area contributed by atoms with Crippen LogP contribution in [0.15, 0.2) is 77.6 Å². The lowest BCUT2D eigenvalue weighted by atomic mass is 9.96. The second-order valence-corrected chi connectivity index (χ2v) is 11.2. The minimum atomic E-state index is -1.40. The third-order valence-corrected chi connectivity index (χ3v) is 7.76. The number of carboxylic acid groups (broad SMARTS) is 1. The molecular formula is C34H33F2N2O5-. The van der Waals surface area contributed by atoms with Crippen molar-refractivity contribution < 1.29 is 28.9 Å². The Bertz CT molecular complexity index is 1840. The van der Waals surface area contributed by atoms with Gasteiger partial charge in [0.1, 0.15) is 17.2 Å². The van der Waals surface area contributed by atoms with Crippen LogP contribution in [0.3, 0.4) is 0 Å². The fourth-order valence-electron chi connectivity index (χ4n) is 6.00. The molecule has 0 aliphatic heterocycles. The van der Waals surface area contributed by atoms with Crippen LogP contribution in [0.5, 0.6) is 0 Å². The van der Waals surface area contributed by atoms with E-state index >= 15 is 0 Å². The van der Waals surface area contributed by atoms with Gasteiger partial charge in [-0.2, -0.15) is 0 Å². The minimum Gasteiger partial charge on any atom is -0.550 e. The van der Waals surface area contributed by atoms with Gasteiger partial charge in [0, 0.05) is 40.5 Å². The van der Waals surface area contributed by atoms with Gasteiger partial charge in [0.2, 0.25) is 0 Å². The molecular weight excluding hydrogens is 554 g/mol. The Hall–Kier alpha value is -4.34. The summed E-state index contributed by atoms with van der Waals surface area (Å²) in [6.07, 6.45) is -2.54. The molecule has 7 nitrogen and oxygen atoms in total. The van der Waals surface area contributed by atoms with Crippen LogP contribution in [-0.4, -0.2) is 37.5 Å². The SMILES string of the molecule is CC(C)n1c(CC[C@@H](O)C[C@@H](O)CC(=O)[O-])c(-c2ccc(F)cc2)c2c3ccccc3n(Cc3cccc(F)c3)c(=O)c21. The van der Waals surface area contributed by atoms with E-state index in [4.69, 9.17) is 0 Å². The predicted octanol–water partition coefficient (Wildman–Crippen LogP) is 4.72. The molecule has 0 fully saturated rings. The molecule has 0 radical (unpaired) electrons. The first-order valence-electron chi connectivity index (χ1n) is 14.3. The van der Waals surface area contributed by atoms with Gasteiger partial charge in [0.15, 0.2) is 0 Å². The number of aliphatic hydroxyl groups excluding tert-OH is 2. The van der Waals surface area contributed by atoms with Crippen molar-refractivity contribution in [1.29, 1.82) is 0 Å². The number of hydrogen-bond acceptors (Lipinski definition) is 5. The highest BCUT2D eigenvalue weighted by Crippen LogP contribution is 2.40. The van der Waals surface area contributed by atoms with E-state index in [0.717, 1.165) is 16.6 Å². The summed E-state index contributed by atoms with van der Waals surface area (Å²) in [5.41, 5.74) is 3.63. The average Bonchev–Trinajstić information content (AvgIpc) is 3.30. The van der Waals surface area contributed by atoms with Crippen molar-refractivity contribution in [3.63, 3.8) is 0 Å². The lowest BCUT2D eigenvalue weighted by molar-refractivity contribution is -0.307. The number of aliphatic hydroxyl groups is 2. The van der Waals surface area contributed by atoms with Gasteiger partial charge in [-0.25, -0.2) is 8.78 Å². The largest absolute Gasteiger partial charge is 0.550 e. The number of benzene rings is 3. The van der Waals surface area contributed by atoms with E-state index in [1.54, 1.807) is 28.8 Å². The third kappa shape index (κ3) is 6.23. The van der Waals surface area contributed by atoms with Crippen LogP contribution in [0.25, 0.3) is 32.9 Å². The Labute approximate surface area is 247 Å². The summed E-state index contributed by atoms with van der Waals surface area (Å²) in [7, 11) is 0. The molecule has 224 valence electrons. The molecule has 9 heteroatoms. The first-order chi connectivity index (χ1) is 20.5. The predicted molar refractivity (Wildman–Crippen MR) is 160 cm³/mol. The Kier molecular flexibility index (Phi) is 8.75. The Morgan fingerprint density at radius 3 is 2.33 bits per heavy atom. The van der Waals surface area contributed by atoms with Crippen molar-refractivity contribution >= 4 is 27.8 Å². The number of carboxylic acids is 1. The number of nitrogens with zero attached hydrogens (tertiary/aromatic N) is 2. The van der Waals surface area contributed by atoms with Crippen LogP contribution >= 0.6 is 0 Å². The molecule has 43 heavy (non-hydrogen) atoms. The lowest BCUT2D eigenvalue weighted by Gasteiger charge is -2.19. The van der Waals surface area contributed by atoms with Gasteiger partial charge >= 0.3 is 0 Å². The number of aliphatic carboxylic acids is 1. The zero-order valence-electron chi connectivity index (χ0n) is 24.0. The van der Waals surface area contributed by atoms with E-state index in [-0.39, 0.29) is 37.4 Å². The van der Waals surface area contributed by atoms with Crippen molar-refractivity contribution in [2.75, 3.05) is 0 Å². The average molecular weight is 588 g/mol. The molecule has 0 saturated carbocycles. The van der Waals surface area contributed by atoms with Crippen molar-refractivity contribution in [2.45, 2.75) is 64.3 Å². The topological polar surface area (TPSA) is 108 Å². The molecule has 0 aliphatic carbocycles. The number of pyridine rings is 1. The van der Waals surface area contributed by atoms with Gasteiger partial charge in [-0.15, -0.1) is 0 Å². The summed E-state index contributed by atoms with van der Waals surface area (Å²) >= 11 is 0. The Balaban J connectivity index is 1.76. The molecule has 0 aliphatic rings. The molecule has 0 spiro atoms. The molecule has 2 heterocycles. The van der Waals surface area contributed by atoms with Crippen molar-refractivity contribution in [1.82, 2.24) is 9.13 Å².